The minimum Gasteiger partial charge on any atom is -0.463 e. The second-order valence-corrected chi connectivity index (χ2v) is 27.8. The van der Waals surface area contributed by atoms with Crippen LogP contribution < -0.4 is 0 Å². The molecule has 0 N–H and O–H groups in total. The Morgan fingerprint density at radius 2 is 0.444 bits per heavy atom. The maximum atomic E-state index is 14.1. The highest BCUT2D eigenvalue weighted by atomic mass is 16.7. The molecule has 0 bridgehead atoms. The number of carbonyl (C=O) groups is 4. The van der Waals surface area contributed by atoms with Gasteiger partial charge in [0, 0.05) is 32.3 Å². The molecular formula is C80H152O10. The highest BCUT2D eigenvalue weighted by Crippen LogP contribution is 2.32. The molecular weight excluding hydrogens is 1120 g/mol. The number of ether oxygens (including phenoxy) is 6. The number of unbranched alkanes of at least 4 members (excludes halogenated alkanes) is 56. The Kier molecular flexibility index (Phi) is 65.0. The van der Waals surface area contributed by atoms with Crippen molar-refractivity contribution in [3.63, 3.8) is 0 Å². The van der Waals surface area contributed by atoms with E-state index in [0.717, 1.165) is 77.0 Å². The minimum absolute atomic E-state index is 0.188. The third-order valence-corrected chi connectivity index (χ3v) is 19.1. The first kappa shape index (κ1) is 85.8. The van der Waals surface area contributed by atoms with Crippen LogP contribution in [0.5, 0.6) is 0 Å². The van der Waals surface area contributed by atoms with E-state index in [4.69, 9.17) is 28.4 Å². The summed E-state index contributed by atoms with van der Waals surface area (Å²) in [6, 6.07) is 0. The van der Waals surface area contributed by atoms with E-state index in [-0.39, 0.29) is 44.9 Å². The fourth-order valence-electron chi connectivity index (χ4n) is 13.2. The zero-order valence-electron chi connectivity index (χ0n) is 60.6. The van der Waals surface area contributed by atoms with Crippen molar-refractivity contribution >= 4 is 23.9 Å². The maximum absolute atomic E-state index is 14.1. The van der Waals surface area contributed by atoms with Gasteiger partial charge < -0.3 is 28.4 Å². The van der Waals surface area contributed by atoms with Crippen LogP contribution in [0.3, 0.4) is 0 Å². The van der Waals surface area contributed by atoms with E-state index in [1.54, 1.807) is 0 Å². The molecule has 0 aromatic rings. The molecule has 1 heterocycles. The molecule has 1 rings (SSSR count). The van der Waals surface area contributed by atoms with Gasteiger partial charge in [-0.25, -0.2) is 0 Å². The van der Waals surface area contributed by atoms with Gasteiger partial charge in [0.2, 0.25) is 0 Å². The molecule has 1 unspecified atom stereocenters. The highest BCUT2D eigenvalue weighted by Gasteiger charge is 2.53. The third kappa shape index (κ3) is 55.1. The van der Waals surface area contributed by atoms with Crippen molar-refractivity contribution < 1.29 is 47.6 Å². The van der Waals surface area contributed by atoms with Crippen LogP contribution in [0.15, 0.2) is 0 Å². The number of hydrogen-bond donors (Lipinski definition) is 0. The lowest BCUT2D eigenvalue weighted by Crippen LogP contribution is -2.63. The van der Waals surface area contributed by atoms with Gasteiger partial charge in [-0.1, -0.05) is 387 Å². The summed E-state index contributed by atoms with van der Waals surface area (Å²) in [6.07, 6.45) is 69.0. The third-order valence-electron chi connectivity index (χ3n) is 19.1. The van der Waals surface area contributed by atoms with E-state index in [1.165, 1.54) is 289 Å². The summed E-state index contributed by atoms with van der Waals surface area (Å²) in [7, 11) is 0. The van der Waals surface area contributed by atoms with Gasteiger partial charge in [-0.2, -0.15) is 0 Å². The molecule has 532 valence electrons. The van der Waals surface area contributed by atoms with E-state index >= 15 is 0 Å². The van der Waals surface area contributed by atoms with Gasteiger partial charge in [0.1, 0.15) is 12.7 Å². The van der Waals surface area contributed by atoms with Gasteiger partial charge in [0.15, 0.2) is 24.6 Å². The van der Waals surface area contributed by atoms with Crippen LogP contribution in [0, 0.1) is 0 Å². The summed E-state index contributed by atoms with van der Waals surface area (Å²) in [4.78, 5) is 55.4. The number of hydrogen-bond acceptors (Lipinski definition) is 10. The summed E-state index contributed by atoms with van der Waals surface area (Å²) in [5, 5.41) is 0. The standard InChI is InChI=1S/C80H152O10/c1-6-11-15-19-23-27-31-35-39-43-47-51-55-59-63-67-73(81)86-71-72-77(88-74(82)68-64-60-56-52-48-44-40-36-32-28-24-20-16-12-7-2)78(89-75(83)69-65-61-57-53-49-45-41-37-33-29-25-21-17-13-8-3)79(80(87-72)85-10-5)90-76(84)70-66-62-58-54-50-46-42-38-34-30-26-22-18-14-9-4/h72,77-80H,6-71H2,1-5H3/t72-,77-,78+,79-,80?/m1/s1. The van der Waals surface area contributed by atoms with Crippen LogP contribution in [0.4, 0.5) is 0 Å². The van der Waals surface area contributed by atoms with Crippen molar-refractivity contribution in [1.29, 1.82) is 0 Å². The molecule has 5 atom stereocenters. The summed E-state index contributed by atoms with van der Waals surface area (Å²) in [5.41, 5.74) is 0. The normalized spacial score (nSPS) is 16.6. The molecule has 1 saturated heterocycles. The Balaban J connectivity index is 3.03. The van der Waals surface area contributed by atoms with E-state index in [1.807, 2.05) is 6.92 Å². The van der Waals surface area contributed by atoms with Crippen LogP contribution in [-0.4, -0.2) is 67.8 Å². The van der Waals surface area contributed by atoms with Gasteiger partial charge in [-0.3, -0.25) is 19.2 Å². The lowest BCUT2D eigenvalue weighted by Gasteiger charge is -2.44. The first-order valence-electron chi connectivity index (χ1n) is 40.3. The Bertz CT molecular complexity index is 1540. The van der Waals surface area contributed by atoms with Crippen LogP contribution >= 0.6 is 0 Å². The van der Waals surface area contributed by atoms with Crippen molar-refractivity contribution in [1.82, 2.24) is 0 Å². The zero-order valence-corrected chi connectivity index (χ0v) is 60.6. The van der Waals surface area contributed by atoms with E-state index < -0.39 is 48.6 Å². The fraction of sp³-hybridized carbons (Fsp3) is 0.950. The van der Waals surface area contributed by atoms with Crippen molar-refractivity contribution in [3.8, 4) is 0 Å². The first-order valence-corrected chi connectivity index (χ1v) is 40.3. The Labute approximate surface area is 558 Å². The van der Waals surface area contributed by atoms with Crippen molar-refractivity contribution in [2.75, 3.05) is 13.2 Å². The minimum atomic E-state index is -1.21. The maximum Gasteiger partial charge on any atom is 0.306 e. The summed E-state index contributed by atoms with van der Waals surface area (Å²) in [5.74, 6) is -1.65. The second-order valence-electron chi connectivity index (χ2n) is 27.8. The van der Waals surface area contributed by atoms with Gasteiger partial charge in [0.05, 0.1) is 0 Å². The Morgan fingerprint density at radius 3 is 0.678 bits per heavy atom. The molecule has 0 aromatic carbocycles. The highest BCUT2D eigenvalue weighted by molar-refractivity contribution is 5.72. The van der Waals surface area contributed by atoms with Gasteiger partial charge in [-0.15, -0.1) is 0 Å². The van der Waals surface area contributed by atoms with Crippen molar-refractivity contribution in [3.05, 3.63) is 0 Å². The van der Waals surface area contributed by atoms with Crippen LogP contribution in [-0.2, 0) is 47.6 Å². The van der Waals surface area contributed by atoms with E-state index in [2.05, 4.69) is 27.7 Å². The second kappa shape index (κ2) is 68.2. The molecule has 1 aliphatic heterocycles. The molecule has 90 heavy (non-hydrogen) atoms. The average molecular weight is 1270 g/mol. The molecule has 10 heteroatoms. The monoisotopic (exact) mass is 1270 g/mol. The largest absolute Gasteiger partial charge is 0.463 e. The Hall–Kier alpha value is -2.20. The predicted molar refractivity (Wildman–Crippen MR) is 379 cm³/mol. The average Bonchev–Trinajstić information content (AvgIpc) is 0.966. The number of esters is 4. The molecule has 0 amide bonds. The summed E-state index contributed by atoms with van der Waals surface area (Å²) >= 11 is 0. The number of carbonyl (C=O) groups excluding carboxylic acids is 4. The quantitative estimate of drug-likeness (QED) is 0.0330. The molecule has 0 radical (unpaired) electrons. The zero-order chi connectivity index (χ0) is 65.1. The molecule has 0 aromatic heterocycles. The molecule has 10 nitrogen and oxygen atoms in total. The van der Waals surface area contributed by atoms with Gasteiger partial charge >= 0.3 is 23.9 Å². The smallest absolute Gasteiger partial charge is 0.306 e. The molecule has 0 spiro atoms. The van der Waals surface area contributed by atoms with Gasteiger partial charge in [-0.05, 0) is 32.6 Å². The SMILES string of the molecule is CCCCCCCCCCCCCCCCCC(=O)OC[C@H]1OC(OCC)[C@H](OC(=O)CCCCCCCCCCCCCCCCC)[C@@H](OC(=O)CCCCCCCCCCCCCCCCC)[C@@H]1OC(=O)CCCCCCCCCCCCCCCCC. The van der Waals surface area contributed by atoms with Crippen LogP contribution in [0.1, 0.15) is 446 Å². The van der Waals surface area contributed by atoms with Crippen LogP contribution in [0.2, 0.25) is 0 Å². The molecule has 0 aliphatic carbocycles. The molecule has 1 fully saturated rings. The predicted octanol–water partition coefficient (Wildman–Crippen LogP) is 25.1. The van der Waals surface area contributed by atoms with E-state index in [9.17, 15) is 19.2 Å². The molecule has 1 aliphatic rings. The lowest BCUT2D eigenvalue weighted by atomic mass is 9.97. The lowest BCUT2D eigenvalue weighted by molar-refractivity contribution is -0.308. The van der Waals surface area contributed by atoms with Crippen molar-refractivity contribution in [2.45, 2.75) is 476 Å². The van der Waals surface area contributed by atoms with Gasteiger partial charge in [0.25, 0.3) is 0 Å². The van der Waals surface area contributed by atoms with Crippen LogP contribution in [0.25, 0.3) is 0 Å². The topological polar surface area (TPSA) is 124 Å². The summed E-state index contributed by atoms with van der Waals surface area (Å²) in [6.45, 7) is 10.9. The fourth-order valence-corrected chi connectivity index (χ4v) is 13.2. The summed E-state index contributed by atoms with van der Waals surface area (Å²) < 4.78 is 37.6. The Morgan fingerprint density at radius 1 is 0.244 bits per heavy atom. The van der Waals surface area contributed by atoms with E-state index in [0.29, 0.717) is 19.3 Å². The van der Waals surface area contributed by atoms with Crippen molar-refractivity contribution in [2.24, 2.45) is 0 Å². The first-order chi connectivity index (χ1) is 44.3. The molecule has 0 saturated carbocycles. The number of rotatable bonds is 71.